The van der Waals surface area contributed by atoms with Crippen LogP contribution in [-0.4, -0.2) is 4.92 Å². The number of nitro groups is 1. The van der Waals surface area contributed by atoms with Gasteiger partial charge in [0.1, 0.15) is 6.61 Å². The first kappa shape index (κ1) is 13.1. The van der Waals surface area contributed by atoms with Gasteiger partial charge in [0.2, 0.25) is 0 Å². The highest BCUT2D eigenvalue weighted by molar-refractivity contribution is 5.85. The summed E-state index contributed by atoms with van der Waals surface area (Å²) < 4.78 is 5.65. The second kappa shape index (κ2) is 5.63. The lowest BCUT2D eigenvalue weighted by molar-refractivity contribution is -0.385. The number of para-hydroxylation sites is 2. The van der Waals surface area contributed by atoms with Gasteiger partial charge in [-0.2, -0.15) is 0 Å². The van der Waals surface area contributed by atoms with E-state index in [0.29, 0.717) is 6.61 Å². The number of rotatable bonds is 4. The fraction of sp³-hybridized carbons (Fsp3) is 0.0588. The molecule has 0 unspecified atom stereocenters. The number of benzene rings is 3. The molecule has 0 saturated carbocycles. The molecular weight excluding hydrogens is 266 g/mol. The molecule has 0 radical (unpaired) electrons. The lowest BCUT2D eigenvalue weighted by atomic mass is 10.1. The van der Waals surface area contributed by atoms with E-state index in [4.69, 9.17) is 4.74 Å². The summed E-state index contributed by atoms with van der Waals surface area (Å²) in [5.74, 6) is 0.287. The number of ether oxygens (including phenoxy) is 1. The zero-order chi connectivity index (χ0) is 14.7. The Labute approximate surface area is 121 Å². The van der Waals surface area contributed by atoms with Crippen molar-refractivity contribution in [2.24, 2.45) is 0 Å². The van der Waals surface area contributed by atoms with E-state index in [0.717, 1.165) is 16.3 Å². The summed E-state index contributed by atoms with van der Waals surface area (Å²) in [5.41, 5.74) is 0.990. The molecule has 0 saturated heterocycles. The van der Waals surface area contributed by atoms with Gasteiger partial charge in [-0.15, -0.1) is 0 Å². The maximum Gasteiger partial charge on any atom is 0.310 e. The smallest absolute Gasteiger partial charge is 0.310 e. The molecule has 0 bridgehead atoms. The topological polar surface area (TPSA) is 52.4 Å². The van der Waals surface area contributed by atoms with E-state index in [1.807, 2.05) is 42.5 Å². The molecule has 0 aliphatic carbocycles. The van der Waals surface area contributed by atoms with Crippen LogP contribution in [0.2, 0.25) is 0 Å². The van der Waals surface area contributed by atoms with Crippen molar-refractivity contribution in [3.63, 3.8) is 0 Å². The van der Waals surface area contributed by atoms with Crippen LogP contribution in [0.4, 0.5) is 5.69 Å². The van der Waals surface area contributed by atoms with Gasteiger partial charge in [0.05, 0.1) is 4.92 Å². The largest absolute Gasteiger partial charge is 0.482 e. The number of nitro benzene ring substituents is 1. The van der Waals surface area contributed by atoms with Gasteiger partial charge in [-0.1, -0.05) is 54.6 Å². The van der Waals surface area contributed by atoms with E-state index >= 15 is 0 Å². The van der Waals surface area contributed by atoms with E-state index in [1.165, 1.54) is 6.07 Å². The summed E-state index contributed by atoms with van der Waals surface area (Å²) in [4.78, 5) is 10.5. The molecule has 4 heteroatoms. The van der Waals surface area contributed by atoms with Crippen molar-refractivity contribution in [2.45, 2.75) is 6.61 Å². The number of fused-ring (bicyclic) bond motifs is 1. The first-order chi connectivity index (χ1) is 10.3. The van der Waals surface area contributed by atoms with Crippen molar-refractivity contribution < 1.29 is 9.66 Å². The summed E-state index contributed by atoms with van der Waals surface area (Å²) in [6.07, 6.45) is 0. The molecule has 21 heavy (non-hydrogen) atoms. The Morgan fingerprint density at radius 3 is 2.48 bits per heavy atom. The fourth-order valence-electron chi connectivity index (χ4n) is 2.30. The summed E-state index contributed by atoms with van der Waals surface area (Å²) in [6.45, 7) is 0.298. The van der Waals surface area contributed by atoms with Crippen molar-refractivity contribution in [1.82, 2.24) is 0 Å². The van der Waals surface area contributed by atoms with Gasteiger partial charge < -0.3 is 4.74 Å². The molecular formula is C17H13NO3. The second-order valence-electron chi connectivity index (χ2n) is 4.65. The van der Waals surface area contributed by atoms with Crippen LogP contribution >= 0.6 is 0 Å². The minimum absolute atomic E-state index is 0.0160. The molecule has 0 heterocycles. The van der Waals surface area contributed by atoms with Crippen LogP contribution < -0.4 is 4.74 Å². The summed E-state index contributed by atoms with van der Waals surface area (Å²) >= 11 is 0. The molecule has 0 atom stereocenters. The zero-order valence-corrected chi connectivity index (χ0v) is 11.2. The maximum absolute atomic E-state index is 11.0. The Morgan fingerprint density at radius 2 is 1.62 bits per heavy atom. The maximum atomic E-state index is 11.0. The van der Waals surface area contributed by atoms with E-state index in [-0.39, 0.29) is 11.4 Å². The van der Waals surface area contributed by atoms with Crippen molar-refractivity contribution in [1.29, 1.82) is 0 Å². The van der Waals surface area contributed by atoms with Crippen molar-refractivity contribution in [2.75, 3.05) is 0 Å². The zero-order valence-electron chi connectivity index (χ0n) is 11.2. The SMILES string of the molecule is O=[N+]([O-])c1ccccc1OCc1cccc2ccccc12. The normalized spacial score (nSPS) is 10.5. The molecule has 3 aromatic rings. The van der Waals surface area contributed by atoms with Crippen LogP contribution in [0.25, 0.3) is 10.8 Å². The van der Waals surface area contributed by atoms with Crippen molar-refractivity contribution >= 4 is 16.5 Å². The molecule has 0 aliphatic rings. The Morgan fingerprint density at radius 1 is 0.905 bits per heavy atom. The molecule has 0 N–H and O–H groups in total. The quantitative estimate of drug-likeness (QED) is 0.527. The standard InChI is InChI=1S/C17H13NO3/c19-18(20)16-10-3-4-11-17(16)21-12-14-8-5-7-13-6-1-2-9-15(13)14/h1-11H,12H2. The van der Waals surface area contributed by atoms with E-state index < -0.39 is 4.92 Å². The minimum Gasteiger partial charge on any atom is -0.482 e. The molecule has 0 aliphatic heterocycles. The number of hydrogen-bond acceptors (Lipinski definition) is 3. The van der Waals surface area contributed by atoms with Gasteiger partial charge in [-0.3, -0.25) is 10.1 Å². The number of hydrogen-bond donors (Lipinski definition) is 0. The molecule has 0 amide bonds. The van der Waals surface area contributed by atoms with E-state index in [2.05, 4.69) is 0 Å². The average molecular weight is 279 g/mol. The highest BCUT2D eigenvalue weighted by Crippen LogP contribution is 2.27. The van der Waals surface area contributed by atoms with Gasteiger partial charge >= 0.3 is 5.69 Å². The predicted octanol–water partition coefficient (Wildman–Crippen LogP) is 4.33. The van der Waals surface area contributed by atoms with Crippen LogP contribution in [0, 0.1) is 10.1 Å². The lowest BCUT2D eigenvalue weighted by Gasteiger charge is -2.09. The predicted molar refractivity (Wildman–Crippen MR) is 81.4 cm³/mol. The van der Waals surface area contributed by atoms with Crippen LogP contribution in [-0.2, 0) is 6.61 Å². The van der Waals surface area contributed by atoms with Crippen molar-refractivity contribution in [3.05, 3.63) is 82.4 Å². The fourth-order valence-corrected chi connectivity index (χ4v) is 2.30. The lowest BCUT2D eigenvalue weighted by Crippen LogP contribution is -1.99. The van der Waals surface area contributed by atoms with Crippen molar-refractivity contribution in [3.8, 4) is 5.75 Å². The molecule has 0 fully saturated rings. The first-order valence-electron chi connectivity index (χ1n) is 6.58. The summed E-state index contributed by atoms with van der Waals surface area (Å²) in [7, 11) is 0. The molecule has 0 spiro atoms. The van der Waals surface area contributed by atoms with Gasteiger partial charge in [0.15, 0.2) is 5.75 Å². The highest BCUT2D eigenvalue weighted by Gasteiger charge is 2.13. The van der Waals surface area contributed by atoms with Crippen LogP contribution in [0.15, 0.2) is 66.7 Å². The monoisotopic (exact) mass is 279 g/mol. The van der Waals surface area contributed by atoms with Crippen LogP contribution in [0.1, 0.15) is 5.56 Å². The molecule has 3 rings (SSSR count). The van der Waals surface area contributed by atoms with E-state index in [1.54, 1.807) is 18.2 Å². The first-order valence-corrected chi connectivity index (χ1v) is 6.58. The van der Waals surface area contributed by atoms with Gasteiger partial charge in [0, 0.05) is 6.07 Å². The molecule has 0 aromatic heterocycles. The molecule has 4 nitrogen and oxygen atoms in total. The third kappa shape index (κ3) is 2.69. The highest BCUT2D eigenvalue weighted by atomic mass is 16.6. The number of nitrogens with zero attached hydrogens (tertiary/aromatic N) is 1. The molecule has 104 valence electrons. The Hall–Kier alpha value is -2.88. The Kier molecular flexibility index (Phi) is 3.51. The molecule has 3 aromatic carbocycles. The van der Waals surface area contributed by atoms with Gasteiger partial charge in [0.25, 0.3) is 0 Å². The van der Waals surface area contributed by atoms with Crippen LogP contribution in [0.5, 0.6) is 5.75 Å². The Balaban J connectivity index is 1.89. The minimum atomic E-state index is -0.432. The third-order valence-corrected chi connectivity index (χ3v) is 3.33. The van der Waals surface area contributed by atoms with Gasteiger partial charge in [-0.25, -0.2) is 0 Å². The van der Waals surface area contributed by atoms with Gasteiger partial charge in [-0.05, 0) is 22.4 Å². The second-order valence-corrected chi connectivity index (χ2v) is 4.65. The third-order valence-electron chi connectivity index (χ3n) is 3.33. The Bertz CT molecular complexity index is 793. The van der Waals surface area contributed by atoms with Crippen LogP contribution in [0.3, 0.4) is 0 Å². The summed E-state index contributed by atoms with van der Waals surface area (Å²) in [6, 6.07) is 20.4. The average Bonchev–Trinajstić information content (AvgIpc) is 2.53. The summed E-state index contributed by atoms with van der Waals surface area (Å²) in [5, 5.41) is 13.2. The van der Waals surface area contributed by atoms with E-state index in [9.17, 15) is 10.1 Å².